The molecule has 1 aromatic carbocycles. The Morgan fingerprint density at radius 3 is 2.53 bits per heavy atom. The van der Waals surface area contributed by atoms with E-state index < -0.39 is 0 Å². The van der Waals surface area contributed by atoms with E-state index in [0.29, 0.717) is 13.2 Å². The molecule has 0 bridgehead atoms. The van der Waals surface area contributed by atoms with Gasteiger partial charge in [-0.3, -0.25) is 4.79 Å². The van der Waals surface area contributed by atoms with Crippen LogP contribution in [-0.4, -0.2) is 39.8 Å². The molecular weight excluding hydrogens is 218 g/mol. The minimum absolute atomic E-state index is 0.0344. The zero-order valence-corrected chi connectivity index (χ0v) is 10.3. The molecule has 3 N–H and O–H groups in total. The van der Waals surface area contributed by atoms with E-state index in [9.17, 15) is 4.79 Å². The zero-order valence-electron chi connectivity index (χ0n) is 10.3. The quantitative estimate of drug-likeness (QED) is 0.713. The van der Waals surface area contributed by atoms with Crippen LogP contribution in [0.3, 0.4) is 0 Å². The minimum Gasteiger partial charge on any atom is -0.378 e. The van der Waals surface area contributed by atoms with Crippen LogP contribution in [0.1, 0.15) is 0 Å². The molecule has 0 aliphatic carbocycles. The zero-order chi connectivity index (χ0) is 12.7. The lowest BCUT2D eigenvalue weighted by molar-refractivity contribution is -0.120. The van der Waals surface area contributed by atoms with Gasteiger partial charge in [0.25, 0.3) is 0 Å². The summed E-state index contributed by atoms with van der Waals surface area (Å²) in [6, 6.07) is 7.60. The second kappa shape index (κ2) is 6.88. The molecule has 1 rings (SSSR count). The van der Waals surface area contributed by atoms with Crippen LogP contribution in [-0.2, 0) is 9.53 Å². The molecule has 0 spiro atoms. The number of rotatable bonds is 6. The van der Waals surface area contributed by atoms with Gasteiger partial charge in [0.05, 0.1) is 6.61 Å². The van der Waals surface area contributed by atoms with E-state index in [1.54, 1.807) is 0 Å². The van der Waals surface area contributed by atoms with Crippen LogP contribution in [0.25, 0.3) is 0 Å². The summed E-state index contributed by atoms with van der Waals surface area (Å²) in [6.45, 7) is 0.852. The van der Waals surface area contributed by atoms with E-state index in [4.69, 9.17) is 10.5 Å². The fourth-order valence-electron chi connectivity index (χ4n) is 1.29. The highest BCUT2D eigenvalue weighted by atomic mass is 16.5. The van der Waals surface area contributed by atoms with Crippen molar-refractivity contribution in [3.8, 4) is 0 Å². The Bertz CT molecular complexity index is 349. The Morgan fingerprint density at radius 2 is 2.00 bits per heavy atom. The third kappa shape index (κ3) is 4.84. The van der Waals surface area contributed by atoms with Gasteiger partial charge in [0.15, 0.2) is 0 Å². The van der Waals surface area contributed by atoms with Crippen LogP contribution in [0.15, 0.2) is 24.3 Å². The summed E-state index contributed by atoms with van der Waals surface area (Å²) in [7, 11) is 3.93. The number of nitrogens with one attached hydrogen (secondary N) is 1. The van der Waals surface area contributed by atoms with Gasteiger partial charge < -0.3 is 20.7 Å². The van der Waals surface area contributed by atoms with Crippen LogP contribution < -0.4 is 16.0 Å². The Labute approximate surface area is 102 Å². The molecule has 0 radical (unpaired) electrons. The van der Waals surface area contributed by atoms with E-state index in [1.165, 1.54) is 0 Å². The maximum absolute atomic E-state index is 11.4. The molecule has 1 amide bonds. The normalized spacial score (nSPS) is 10.1. The predicted octanol–water partition coefficient (Wildman–Crippen LogP) is 0.666. The number of hydrogen-bond acceptors (Lipinski definition) is 4. The maximum Gasteiger partial charge on any atom is 0.250 e. The van der Waals surface area contributed by atoms with Crippen LogP contribution in [0.2, 0.25) is 0 Å². The Balaban J connectivity index is 2.43. The van der Waals surface area contributed by atoms with Gasteiger partial charge in [0.1, 0.15) is 6.61 Å². The fraction of sp³-hybridized carbons (Fsp3) is 0.417. The Hall–Kier alpha value is -1.59. The van der Waals surface area contributed by atoms with Gasteiger partial charge in [-0.25, -0.2) is 0 Å². The Morgan fingerprint density at radius 1 is 1.35 bits per heavy atom. The van der Waals surface area contributed by atoms with Gasteiger partial charge in [-0.05, 0) is 24.3 Å². The SMILES string of the molecule is CN(C)c1ccc(NC(=O)COCCN)cc1. The second-order valence-corrected chi connectivity index (χ2v) is 3.83. The van der Waals surface area contributed by atoms with Crippen molar-refractivity contribution in [3.05, 3.63) is 24.3 Å². The second-order valence-electron chi connectivity index (χ2n) is 3.83. The minimum atomic E-state index is -0.170. The average Bonchev–Trinajstić information content (AvgIpc) is 2.30. The van der Waals surface area contributed by atoms with E-state index in [1.807, 2.05) is 43.3 Å². The molecule has 0 atom stereocenters. The molecule has 0 saturated carbocycles. The summed E-state index contributed by atoms with van der Waals surface area (Å²) in [5, 5.41) is 2.74. The monoisotopic (exact) mass is 237 g/mol. The topological polar surface area (TPSA) is 67.6 Å². The summed E-state index contributed by atoms with van der Waals surface area (Å²) in [6.07, 6.45) is 0. The summed E-state index contributed by atoms with van der Waals surface area (Å²) in [4.78, 5) is 13.4. The van der Waals surface area contributed by atoms with Gasteiger partial charge in [-0.2, -0.15) is 0 Å². The van der Waals surface area contributed by atoms with Crippen molar-refractivity contribution in [1.29, 1.82) is 0 Å². The number of anilines is 2. The van der Waals surface area contributed by atoms with Crippen LogP contribution in [0, 0.1) is 0 Å². The number of ether oxygens (including phenoxy) is 1. The molecule has 0 fully saturated rings. The standard InChI is InChI=1S/C12H19N3O2/c1-15(2)11-5-3-10(4-6-11)14-12(16)9-17-8-7-13/h3-6H,7-9,13H2,1-2H3,(H,14,16). The van der Waals surface area contributed by atoms with Gasteiger partial charge in [0, 0.05) is 32.0 Å². The molecule has 5 nitrogen and oxygen atoms in total. The van der Waals surface area contributed by atoms with Gasteiger partial charge >= 0.3 is 0 Å². The number of carbonyl (C=O) groups excluding carboxylic acids is 1. The number of nitrogens with zero attached hydrogens (tertiary/aromatic N) is 1. The molecule has 0 unspecified atom stereocenters. The number of amides is 1. The molecule has 94 valence electrons. The third-order valence-corrected chi connectivity index (χ3v) is 2.16. The smallest absolute Gasteiger partial charge is 0.250 e. The first-order valence-electron chi connectivity index (χ1n) is 5.48. The number of hydrogen-bond donors (Lipinski definition) is 2. The van der Waals surface area contributed by atoms with Gasteiger partial charge in [0.2, 0.25) is 5.91 Å². The maximum atomic E-state index is 11.4. The summed E-state index contributed by atoms with van der Waals surface area (Å²) in [5.41, 5.74) is 7.10. The average molecular weight is 237 g/mol. The van der Waals surface area contributed by atoms with E-state index >= 15 is 0 Å². The molecule has 5 heteroatoms. The third-order valence-electron chi connectivity index (χ3n) is 2.16. The number of carbonyl (C=O) groups is 1. The van der Waals surface area contributed by atoms with E-state index in [-0.39, 0.29) is 12.5 Å². The van der Waals surface area contributed by atoms with Crippen molar-refractivity contribution >= 4 is 17.3 Å². The predicted molar refractivity (Wildman–Crippen MR) is 69.3 cm³/mol. The first-order valence-corrected chi connectivity index (χ1v) is 5.48. The lowest BCUT2D eigenvalue weighted by atomic mass is 10.2. The summed E-state index contributed by atoms with van der Waals surface area (Å²) < 4.78 is 5.03. The summed E-state index contributed by atoms with van der Waals surface area (Å²) >= 11 is 0. The van der Waals surface area contributed by atoms with E-state index in [2.05, 4.69) is 5.32 Å². The highest BCUT2D eigenvalue weighted by Gasteiger charge is 2.02. The summed E-state index contributed by atoms with van der Waals surface area (Å²) in [5.74, 6) is -0.170. The van der Waals surface area contributed by atoms with Crippen molar-refractivity contribution < 1.29 is 9.53 Å². The lowest BCUT2D eigenvalue weighted by Crippen LogP contribution is -2.20. The highest BCUT2D eigenvalue weighted by Crippen LogP contribution is 2.15. The van der Waals surface area contributed by atoms with Crippen LogP contribution in [0.4, 0.5) is 11.4 Å². The van der Waals surface area contributed by atoms with Crippen molar-refractivity contribution in [2.75, 3.05) is 44.1 Å². The fourth-order valence-corrected chi connectivity index (χ4v) is 1.29. The van der Waals surface area contributed by atoms with Gasteiger partial charge in [-0.1, -0.05) is 0 Å². The number of nitrogens with two attached hydrogens (primary N) is 1. The van der Waals surface area contributed by atoms with Crippen LogP contribution >= 0.6 is 0 Å². The largest absolute Gasteiger partial charge is 0.378 e. The number of benzene rings is 1. The van der Waals surface area contributed by atoms with Crippen molar-refractivity contribution in [2.24, 2.45) is 5.73 Å². The molecule has 0 saturated heterocycles. The molecule has 1 aromatic rings. The first kappa shape index (κ1) is 13.5. The lowest BCUT2D eigenvalue weighted by Gasteiger charge is -2.13. The van der Waals surface area contributed by atoms with Gasteiger partial charge in [-0.15, -0.1) is 0 Å². The van der Waals surface area contributed by atoms with Crippen molar-refractivity contribution in [3.63, 3.8) is 0 Å². The van der Waals surface area contributed by atoms with Crippen molar-refractivity contribution in [1.82, 2.24) is 0 Å². The Kier molecular flexibility index (Phi) is 5.45. The van der Waals surface area contributed by atoms with E-state index in [0.717, 1.165) is 11.4 Å². The molecule has 0 aromatic heterocycles. The molecule has 0 heterocycles. The molecule has 17 heavy (non-hydrogen) atoms. The highest BCUT2D eigenvalue weighted by molar-refractivity contribution is 5.91. The van der Waals surface area contributed by atoms with Crippen LogP contribution in [0.5, 0.6) is 0 Å². The first-order chi connectivity index (χ1) is 8.13. The van der Waals surface area contributed by atoms with Crippen molar-refractivity contribution in [2.45, 2.75) is 0 Å². The molecular formula is C12H19N3O2. The molecule has 0 aliphatic heterocycles. The molecule has 0 aliphatic rings.